The Labute approximate surface area is 226 Å². The number of carbonyl (C=O) groups is 1. The lowest BCUT2D eigenvalue weighted by molar-refractivity contribution is 0.00794. The molecule has 1 saturated carbocycles. The van der Waals surface area contributed by atoms with E-state index < -0.39 is 11.5 Å². The molecule has 0 aromatic carbocycles. The first-order valence-electron chi connectivity index (χ1n) is 13.8. The van der Waals surface area contributed by atoms with Gasteiger partial charge >= 0.3 is 6.09 Å². The summed E-state index contributed by atoms with van der Waals surface area (Å²) in [6.07, 6.45) is 7.75. The number of allylic oxidation sites excluding steroid dienone is 4. The van der Waals surface area contributed by atoms with Crippen molar-refractivity contribution in [3.8, 4) is 5.88 Å². The number of ether oxygens (including phenoxy) is 4. The maximum atomic E-state index is 15.4. The summed E-state index contributed by atoms with van der Waals surface area (Å²) in [6.45, 7) is 4.77. The van der Waals surface area contributed by atoms with Crippen molar-refractivity contribution in [2.75, 3.05) is 20.3 Å². The molecule has 39 heavy (non-hydrogen) atoms. The van der Waals surface area contributed by atoms with Crippen LogP contribution in [0.4, 0.5) is 9.18 Å². The first-order chi connectivity index (χ1) is 18.7. The molecule has 0 spiro atoms. The number of aromatic amines is 1. The molecule has 210 valence electrons. The average molecular weight is 542 g/mol. The van der Waals surface area contributed by atoms with Crippen molar-refractivity contribution in [1.82, 2.24) is 15.3 Å². The zero-order valence-corrected chi connectivity index (χ0v) is 22.5. The van der Waals surface area contributed by atoms with Gasteiger partial charge < -0.3 is 34.4 Å². The van der Waals surface area contributed by atoms with E-state index >= 15 is 4.39 Å². The summed E-state index contributed by atoms with van der Waals surface area (Å²) in [5.41, 5.74) is 2.27. The zero-order valence-electron chi connectivity index (χ0n) is 22.5. The highest BCUT2D eigenvalue weighted by Crippen LogP contribution is 2.42. The molecule has 4 aliphatic rings. The van der Waals surface area contributed by atoms with Crippen LogP contribution < -0.4 is 10.1 Å². The van der Waals surface area contributed by atoms with Crippen LogP contribution in [0.3, 0.4) is 0 Å². The van der Waals surface area contributed by atoms with Crippen LogP contribution in [0.25, 0.3) is 11.0 Å². The van der Waals surface area contributed by atoms with E-state index in [0.29, 0.717) is 47.5 Å². The minimum atomic E-state index is -0.648. The Balaban J connectivity index is 1.14. The summed E-state index contributed by atoms with van der Waals surface area (Å²) < 4.78 is 37.5. The molecule has 0 radical (unpaired) electrons. The second-order valence-corrected chi connectivity index (χ2v) is 11.6. The smallest absolute Gasteiger partial charge is 0.407 e. The molecule has 4 heterocycles. The van der Waals surface area contributed by atoms with Crippen LogP contribution in [-0.4, -0.2) is 71.9 Å². The Hall–Kier alpha value is -2.95. The fraction of sp³-hybridized carbons (Fsp3) is 0.586. The molecule has 8 atom stereocenters. The Morgan fingerprint density at radius 2 is 2.08 bits per heavy atom. The number of hydrogen-bond acceptors (Lipinski definition) is 7. The van der Waals surface area contributed by atoms with E-state index in [0.717, 1.165) is 19.3 Å². The fourth-order valence-corrected chi connectivity index (χ4v) is 6.62. The zero-order chi connectivity index (χ0) is 27.3. The molecule has 5 unspecified atom stereocenters. The number of nitrogens with one attached hydrogen (secondary N) is 2. The molecule has 0 bridgehead atoms. The van der Waals surface area contributed by atoms with E-state index in [4.69, 9.17) is 23.9 Å². The van der Waals surface area contributed by atoms with Crippen LogP contribution in [0.1, 0.15) is 45.2 Å². The van der Waals surface area contributed by atoms with Crippen molar-refractivity contribution < 1.29 is 33.2 Å². The fourth-order valence-electron chi connectivity index (χ4n) is 6.62. The number of H-pyrrole nitrogens is 1. The average Bonchev–Trinajstić information content (AvgIpc) is 3.61. The summed E-state index contributed by atoms with van der Waals surface area (Å²) in [6, 6.07) is 3.38. The van der Waals surface area contributed by atoms with Gasteiger partial charge in [0.15, 0.2) is 12.0 Å². The summed E-state index contributed by atoms with van der Waals surface area (Å²) >= 11 is 0. The van der Waals surface area contributed by atoms with Gasteiger partial charge in [0.05, 0.1) is 37.1 Å². The van der Waals surface area contributed by atoms with Crippen molar-refractivity contribution in [2.45, 2.75) is 75.4 Å². The third-order valence-electron chi connectivity index (χ3n) is 8.84. The molecule has 3 fully saturated rings. The molecule has 10 heteroatoms. The summed E-state index contributed by atoms with van der Waals surface area (Å²) in [5, 5.41) is 12.9. The summed E-state index contributed by atoms with van der Waals surface area (Å²) in [5.74, 6) is 0.902. The number of alkyl carbamates (subject to hydrolysis) is 1. The first-order valence-corrected chi connectivity index (χ1v) is 13.8. The highest BCUT2D eigenvalue weighted by Gasteiger charge is 2.48. The van der Waals surface area contributed by atoms with Crippen LogP contribution >= 0.6 is 0 Å². The predicted octanol–water partition coefficient (Wildman–Crippen LogP) is 3.91. The number of amides is 1. The molecule has 2 saturated heterocycles. The lowest BCUT2D eigenvalue weighted by Gasteiger charge is -2.37. The van der Waals surface area contributed by atoms with E-state index in [1.165, 1.54) is 18.7 Å². The molecule has 6 rings (SSSR count). The summed E-state index contributed by atoms with van der Waals surface area (Å²) in [7, 11) is 1.38. The van der Waals surface area contributed by atoms with E-state index in [9.17, 15) is 9.90 Å². The number of pyridine rings is 1. The van der Waals surface area contributed by atoms with Crippen molar-refractivity contribution in [3.05, 3.63) is 47.4 Å². The number of fused-ring (bicyclic) bond motifs is 2. The van der Waals surface area contributed by atoms with Crippen LogP contribution in [0.2, 0.25) is 0 Å². The standard InChI is InChI=1S/C29H36FN3O6/c1-15-10-17(31-28(35)36-3)4-5-18(15)16-6-8-29(2,9-7-16)27-19(30)11-20-21(33-27)12-24(32-20)39-23-14-38-25-22(34)13-37-26(23)25/h6-8,11-12,15,17-18,22-23,25-26,32,34H,4-5,9-10,13-14H2,1-3H3,(H,31,35)/t15?,17?,18?,22-,23-,25?,26-,29?/m1/s1. The van der Waals surface area contributed by atoms with Gasteiger partial charge in [0.2, 0.25) is 0 Å². The van der Waals surface area contributed by atoms with Gasteiger partial charge in [-0.2, -0.15) is 0 Å². The molecule has 9 nitrogen and oxygen atoms in total. The molecular formula is C29H36FN3O6. The summed E-state index contributed by atoms with van der Waals surface area (Å²) in [4.78, 5) is 19.4. The third-order valence-corrected chi connectivity index (χ3v) is 8.84. The maximum absolute atomic E-state index is 15.4. The van der Waals surface area contributed by atoms with Crippen LogP contribution in [-0.2, 0) is 19.6 Å². The largest absolute Gasteiger partial charge is 0.470 e. The number of hydrogen-bond donors (Lipinski definition) is 3. The number of aromatic nitrogens is 2. The van der Waals surface area contributed by atoms with E-state index in [1.807, 2.05) is 6.92 Å². The van der Waals surface area contributed by atoms with Gasteiger partial charge in [-0.15, -0.1) is 0 Å². The number of aliphatic hydroxyl groups excluding tert-OH is 1. The maximum Gasteiger partial charge on any atom is 0.407 e. The van der Waals surface area contributed by atoms with Gasteiger partial charge in [-0.3, -0.25) is 0 Å². The van der Waals surface area contributed by atoms with Crippen LogP contribution in [0.15, 0.2) is 35.9 Å². The minimum Gasteiger partial charge on any atom is -0.470 e. The Morgan fingerprint density at radius 1 is 1.26 bits per heavy atom. The van der Waals surface area contributed by atoms with Crippen molar-refractivity contribution in [2.24, 2.45) is 11.8 Å². The molecular weight excluding hydrogens is 505 g/mol. The van der Waals surface area contributed by atoms with Gasteiger partial charge in [0, 0.05) is 23.6 Å². The van der Waals surface area contributed by atoms with Crippen molar-refractivity contribution in [3.63, 3.8) is 0 Å². The molecule has 2 aliphatic carbocycles. The lowest BCUT2D eigenvalue weighted by atomic mass is 9.70. The number of carbonyl (C=O) groups excluding carboxylic acids is 1. The second kappa shape index (κ2) is 10.2. The molecule has 1 amide bonds. The Bertz CT molecular complexity index is 1310. The van der Waals surface area contributed by atoms with Gasteiger partial charge in [-0.25, -0.2) is 14.2 Å². The predicted molar refractivity (Wildman–Crippen MR) is 141 cm³/mol. The molecule has 2 aromatic heterocycles. The van der Waals surface area contributed by atoms with Gasteiger partial charge in [0.25, 0.3) is 0 Å². The highest BCUT2D eigenvalue weighted by atomic mass is 19.1. The third kappa shape index (κ3) is 4.94. The van der Waals surface area contributed by atoms with E-state index in [1.54, 1.807) is 6.07 Å². The van der Waals surface area contributed by atoms with Crippen LogP contribution in [0, 0.1) is 17.7 Å². The second-order valence-electron chi connectivity index (χ2n) is 11.6. The first kappa shape index (κ1) is 26.3. The Kier molecular flexibility index (Phi) is 6.89. The number of halogens is 1. The number of nitrogens with zero attached hydrogens (tertiary/aromatic N) is 1. The monoisotopic (exact) mass is 541 g/mol. The van der Waals surface area contributed by atoms with Crippen LogP contribution in [0.5, 0.6) is 5.88 Å². The lowest BCUT2D eigenvalue weighted by Crippen LogP contribution is -2.40. The topological polar surface area (TPSA) is 115 Å². The normalized spacial score (nSPS) is 36.0. The molecule has 2 aliphatic heterocycles. The van der Waals surface area contributed by atoms with Crippen molar-refractivity contribution in [1.29, 1.82) is 0 Å². The highest BCUT2D eigenvalue weighted by molar-refractivity contribution is 5.77. The van der Waals surface area contributed by atoms with Crippen molar-refractivity contribution >= 4 is 17.1 Å². The SMILES string of the molecule is COC(=O)NC1CCC(C2=CCC(C)(c3nc4cc(O[C@@H]5COC6[C@H](O)CO[C@@H]65)[nH]c4cc3F)C=C2)C(C)C1. The van der Waals surface area contributed by atoms with E-state index in [2.05, 4.69) is 35.5 Å². The molecule has 3 N–H and O–H groups in total. The number of rotatable bonds is 5. The Morgan fingerprint density at radius 3 is 2.82 bits per heavy atom. The molecule has 2 aromatic rings. The quantitative estimate of drug-likeness (QED) is 0.526. The van der Waals surface area contributed by atoms with E-state index in [-0.39, 0.29) is 42.9 Å². The minimum absolute atomic E-state index is 0.127. The number of methoxy groups -OCH3 is 1. The van der Waals surface area contributed by atoms with Gasteiger partial charge in [-0.05, 0) is 43.1 Å². The van der Waals surface area contributed by atoms with Gasteiger partial charge in [-0.1, -0.05) is 32.1 Å². The van der Waals surface area contributed by atoms with Gasteiger partial charge in [0.1, 0.15) is 24.1 Å². The number of aliphatic hydroxyl groups is 1.